The maximum Gasteiger partial charge on any atom is 0.472 e. The van der Waals surface area contributed by atoms with Crippen LogP contribution < -0.4 is 0 Å². The minimum atomic E-state index is -4.96. The second-order valence-corrected chi connectivity index (χ2v) is 32.3. The van der Waals surface area contributed by atoms with Gasteiger partial charge < -0.3 is 33.8 Å². The maximum atomic E-state index is 13.1. The van der Waals surface area contributed by atoms with Crippen molar-refractivity contribution in [3.05, 3.63) is 0 Å². The summed E-state index contributed by atoms with van der Waals surface area (Å²) in [7, 11) is -9.91. The van der Waals surface area contributed by atoms with E-state index in [1.807, 2.05) is 0 Å². The number of ether oxygens (including phenoxy) is 4. The van der Waals surface area contributed by atoms with Crippen molar-refractivity contribution < 1.29 is 80.2 Å². The molecule has 0 aromatic carbocycles. The van der Waals surface area contributed by atoms with Crippen molar-refractivity contribution in [1.82, 2.24) is 0 Å². The Balaban J connectivity index is 5.21. The van der Waals surface area contributed by atoms with E-state index in [1.165, 1.54) is 231 Å². The second-order valence-electron chi connectivity index (χ2n) is 29.4. The normalized spacial score (nSPS) is 13.9. The zero-order chi connectivity index (χ0) is 72.1. The van der Waals surface area contributed by atoms with Crippen molar-refractivity contribution in [3.8, 4) is 0 Å². The van der Waals surface area contributed by atoms with E-state index in [2.05, 4.69) is 41.5 Å². The van der Waals surface area contributed by atoms with Gasteiger partial charge in [0.15, 0.2) is 12.2 Å². The molecule has 98 heavy (non-hydrogen) atoms. The highest BCUT2D eigenvalue weighted by atomic mass is 31.2. The zero-order valence-corrected chi connectivity index (χ0v) is 65.9. The fourth-order valence-electron chi connectivity index (χ4n) is 12.2. The van der Waals surface area contributed by atoms with Gasteiger partial charge in [-0.1, -0.05) is 363 Å². The van der Waals surface area contributed by atoms with Crippen LogP contribution >= 0.6 is 15.6 Å². The Hall–Kier alpha value is -1.94. The summed E-state index contributed by atoms with van der Waals surface area (Å²) in [6.07, 6.45) is 59.7. The lowest BCUT2D eigenvalue weighted by Gasteiger charge is -2.21. The molecular formula is C79H154O17P2. The minimum Gasteiger partial charge on any atom is -0.462 e. The van der Waals surface area contributed by atoms with Gasteiger partial charge in [-0.05, 0) is 37.5 Å². The molecule has 0 saturated carbocycles. The summed E-state index contributed by atoms with van der Waals surface area (Å²) >= 11 is 0. The molecule has 0 aliphatic rings. The Kier molecular flexibility index (Phi) is 69.3. The number of carbonyl (C=O) groups excluding carboxylic acids is 4. The van der Waals surface area contributed by atoms with Gasteiger partial charge in [-0.25, -0.2) is 9.13 Å². The fraction of sp³-hybridized carbons (Fsp3) is 0.949. The number of hydrogen-bond acceptors (Lipinski definition) is 15. The minimum absolute atomic E-state index is 0.106. The van der Waals surface area contributed by atoms with Crippen LogP contribution in [0, 0.1) is 11.8 Å². The molecule has 0 amide bonds. The van der Waals surface area contributed by atoms with Crippen LogP contribution in [0.4, 0.5) is 0 Å². The molecular weight excluding hydrogens is 1280 g/mol. The largest absolute Gasteiger partial charge is 0.472 e. The maximum absolute atomic E-state index is 13.1. The van der Waals surface area contributed by atoms with E-state index in [1.54, 1.807) is 0 Å². The number of unbranched alkanes of at least 4 members (excludes halogenated alkanes) is 48. The van der Waals surface area contributed by atoms with E-state index in [-0.39, 0.29) is 25.7 Å². The third kappa shape index (κ3) is 72.4. The molecule has 2 unspecified atom stereocenters. The first kappa shape index (κ1) is 96.1. The summed E-state index contributed by atoms with van der Waals surface area (Å²) in [5, 5.41) is 10.6. The summed E-state index contributed by atoms with van der Waals surface area (Å²) < 4.78 is 68.6. The molecule has 0 heterocycles. The summed E-state index contributed by atoms with van der Waals surface area (Å²) in [5.41, 5.74) is 0. The summed E-state index contributed by atoms with van der Waals surface area (Å²) in [6.45, 7) is 9.61. The van der Waals surface area contributed by atoms with Crippen molar-refractivity contribution in [1.29, 1.82) is 0 Å². The van der Waals surface area contributed by atoms with Crippen LogP contribution in [0.1, 0.15) is 414 Å². The Morgan fingerprint density at radius 2 is 0.469 bits per heavy atom. The fourth-order valence-corrected chi connectivity index (χ4v) is 13.8. The molecule has 3 N–H and O–H groups in total. The third-order valence-corrected chi connectivity index (χ3v) is 20.4. The van der Waals surface area contributed by atoms with Crippen LogP contribution in [0.2, 0.25) is 0 Å². The molecule has 19 heteroatoms. The molecule has 0 bridgehead atoms. The van der Waals surface area contributed by atoms with Crippen LogP contribution in [0.5, 0.6) is 0 Å². The second kappa shape index (κ2) is 70.7. The van der Waals surface area contributed by atoms with Gasteiger partial charge in [0.05, 0.1) is 26.4 Å². The van der Waals surface area contributed by atoms with Crippen molar-refractivity contribution in [2.75, 3.05) is 39.6 Å². The van der Waals surface area contributed by atoms with Crippen LogP contribution in [-0.4, -0.2) is 96.7 Å². The molecule has 5 atom stereocenters. The van der Waals surface area contributed by atoms with Crippen LogP contribution in [0.25, 0.3) is 0 Å². The van der Waals surface area contributed by atoms with E-state index in [9.17, 15) is 43.2 Å². The van der Waals surface area contributed by atoms with E-state index >= 15 is 0 Å². The van der Waals surface area contributed by atoms with Crippen molar-refractivity contribution >= 4 is 39.5 Å². The lowest BCUT2D eigenvalue weighted by atomic mass is 10.0. The number of phosphoric acid groups is 2. The first-order chi connectivity index (χ1) is 47.4. The first-order valence-corrected chi connectivity index (χ1v) is 44.0. The molecule has 0 fully saturated rings. The molecule has 0 aliphatic carbocycles. The summed E-state index contributed by atoms with van der Waals surface area (Å²) in [4.78, 5) is 72.9. The molecule has 17 nitrogen and oxygen atoms in total. The molecule has 0 saturated heterocycles. The molecule has 582 valence electrons. The molecule has 0 aromatic rings. The summed E-state index contributed by atoms with van der Waals surface area (Å²) in [5.74, 6) is -0.567. The Morgan fingerprint density at radius 1 is 0.276 bits per heavy atom. The predicted molar refractivity (Wildman–Crippen MR) is 400 cm³/mol. The van der Waals surface area contributed by atoms with Gasteiger partial charge in [0.2, 0.25) is 0 Å². The summed E-state index contributed by atoms with van der Waals surface area (Å²) in [6, 6.07) is 0. The van der Waals surface area contributed by atoms with Crippen LogP contribution in [0.3, 0.4) is 0 Å². The van der Waals surface area contributed by atoms with Gasteiger partial charge in [0, 0.05) is 25.7 Å². The predicted octanol–water partition coefficient (Wildman–Crippen LogP) is 23.5. The lowest BCUT2D eigenvalue weighted by molar-refractivity contribution is -0.161. The van der Waals surface area contributed by atoms with Gasteiger partial charge in [0.25, 0.3) is 0 Å². The smallest absolute Gasteiger partial charge is 0.462 e. The van der Waals surface area contributed by atoms with Crippen molar-refractivity contribution in [2.24, 2.45) is 11.8 Å². The van der Waals surface area contributed by atoms with E-state index in [0.29, 0.717) is 25.7 Å². The van der Waals surface area contributed by atoms with Crippen molar-refractivity contribution in [2.45, 2.75) is 432 Å². The van der Waals surface area contributed by atoms with Gasteiger partial charge in [-0.15, -0.1) is 0 Å². The van der Waals surface area contributed by atoms with Crippen LogP contribution in [0.15, 0.2) is 0 Å². The molecule has 0 radical (unpaired) electrons. The highest BCUT2D eigenvalue weighted by Crippen LogP contribution is 2.45. The highest BCUT2D eigenvalue weighted by Gasteiger charge is 2.30. The standard InChI is InChI=1S/C79H154O17P2/c1-7-9-11-13-15-17-18-19-20-21-22-26-29-32-38-44-50-56-62-77(82)90-68-75(95-78(83)63-57-51-45-39-33-30-27-24-23-25-28-31-36-41-47-53-59-71(3)4)70-94-98(87,88)92-66-73(80)65-91-97(85,86)93-69-74(67-89-76(81)61-55-49-43-35-16-14-12-10-8-2)96-79(84)64-58-52-46-40-34-37-42-48-54-60-72(5)6/h71-75,80H,7-70H2,1-6H3,(H,85,86)(H,87,88)/t73-,74+,75+/m0/s1. The Morgan fingerprint density at radius 3 is 0.694 bits per heavy atom. The van der Waals surface area contributed by atoms with E-state index < -0.39 is 97.5 Å². The quantitative estimate of drug-likeness (QED) is 0.0222. The number of phosphoric ester groups is 2. The zero-order valence-electron chi connectivity index (χ0n) is 64.1. The molecule has 0 aliphatic heterocycles. The van der Waals surface area contributed by atoms with E-state index in [4.69, 9.17) is 37.0 Å². The Bertz CT molecular complexity index is 1890. The first-order valence-electron chi connectivity index (χ1n) is 41.0. The number of aliphatic hydroxyl groups is 1. The number of carbonyl (C=O) groups is 4. The van der Waals surface area contributed by atoms with Crippen molar-refractivity contribution in [3.63, 3.8) is 0 Å². The lowest BCUT2D eigenvalue weighted by Crippen LogP contribution is -2.30. The topological polar surface area (TPSA) is 237 Å². The van der Waals surface area contributed by atoms with Gasteiger partial charge >= 0.3 is 39.5 Å². The molecule has 0 aromatic heterocycles. The average Bonchev–Trinajstić information content (AvgIpc) is 0.963. The molecule has 0 rings (SSSR count). The number of hydrogen-bond donors (Lipinski definition) is 3. The van der Waals surface area contributed by atoms with Gasteiger partial charge in [-0.3, -0.25) is 37.3 Å². The number of aliphatic hydroxyl groups excluding tert-OH is 1. The van der Waals surface area contributed by atoms with Crippen LogP contribution in [-0.2, 0) is 65.4 Å². The van der Waals surface area contributed by atoms with E-state index in [0.717, 1.165) is 102 Å². The number of esters is 4. The third-order valence-electron chi connectivity index (χ3n) is 18.5. The van der Waals surface area contributed by atoms with Gasteiger partial charge in [-0.2, -0.15) is 0 Å². The number of rotatable bonds is 78. The highest BCUT2D eigenvalue weighted by molar-refractivity contribution is 7.47. The average molecular weight is 1440 g/mol. The molecule has 0 spiro atoms. The monoisotopic (exact) mass is 1440 g/mol. The Labute approximate surface area is 600 Å². The van der Waals surface area contributed by atoms with Gasteiger partial charge in [0.1, 0.15) is 19.3 Å². The SMILES string of the molecule is CCCCCCCCCCCCCCCCCCCCC(=O)OC[C@H](COP(=O)(O)OC[C@@H](O)COP(=O)(O)OC[C@@H](COC(=O)CCCCCCCCCCC)OC(=O)CCCCCCCCCCCC(C)C)OC(=O)CCCCCCCCCCCCCCCCCCC(C)C.